The van der Waals surface area contributed by atoms with Gasteiger partial charge in [0.15, 0.2) is 0 Å². The fourth-order valence-electron chi connectivity index (χ4n) is 1.71. The fraction of sp³-hybridized carbons (Fsp3) is 1.00. The molecule has 0 bridgehead atoms. The molecule has 0 spiro atoms. The van der Waals surface area contributed by atoms with E-state index in [0.717, 1.165) is 25.7 Å². The summed E-state index contributed by atoms with van der Waals surface area (Å²) in [6.45, 7) is 6.69. The largest absolute Gasteiger partial charge is 0.381 e. The predicted molar refractivity (Wildman–Crippen MR) is 49.1 cm³/mol. The summed E-state index contributed by atoms with van der Waals surface area (Å²) in [6, 6.07) is 0. The van der Waals surface area contributed by atoms with Gasteiger partial charge in [-0.05, 0) is 30.6 Å². The summed E-state index contributed by atoms with van der Waals surface area (Å²) >= 11 is 0. The van der Waals surface area contributed by atoms with E-state index in [1.807, 2.05) is 0 Å². The van der Waals surface area contributed by atoms with Crippen molar-refractivity contribution in [2.75, 3.05) is 26.3 Å². The molecule has 12 heavy (non-hydrogen) atoms. The molecule has 1 atom stereocenters. The molecule has 0 aromatic carbocycles. The van der Waals surface area contributed by atoms with E-state index in [4.69, 9.17) is 4.74 Å². The minimum absolute atomic E-state index is 0.652. The van der Waals surface area contributed by atoms with Crippen molar-refractivity contribution in [1.82, 2.24) is 5.32 Å². The summed E-state index contributed by atoms with van der Waals surface area (Å²) in [5.41, 5.74) is 0.652. The van der Waals surface area contributed by atoms with Crippen molar-refractivity contribution in [3.63, 3.8) is 0 Å². The van der Waals surface area contributed by atoms with Gasteiger partial charge in [-0.15, -0.1) is 0 Å². The first kappa shape index (κ1) is 8.52. The minimum atomic E-state index is 0.652. The van der Waals surface area contributed by atoms with Crippen molar-refractivity contribution in [3.05, 3.63) is 0 Å². The second-order valence-corrected chi connectivity index (χ2v) is 4.67. The Morgan fingerprint density at radius 3 is 2.92 bits per heavy atom. The molecule has 0 amide bonds. The molecule has 1 saturated carbocycles. The highest BCUT2D eigenvalue weighted by molar-refractivity contribution is 4.90. The van der Waals surface area contributed by atoms with E-state index in [-0.39, 0.29) is 0 Å². The maximum Gasteiger partial charge on any atom is 0.0507 e. The van der Waals surface area contributed by atoms with Crippen LogP contribution in [0.1, 0.15) is 26.2 Å². The highest BCUT2D eigenvalue weighted by Crippen LogP contribution is 2.44. The molecular weight excluding hydrogens is 150 g/mol. The van der Waals surface area contributed by atoms with Gasteiger partial charge in [-0.1, -0.05) is 6.92 Å². The van der Waals surface area contributed by atoms with Crippen LogP contribution in [0.5, 0.6) is 0 Å². The van der Waals surface area contributed by atoms with Gasteiger partial charge in [0.05, 0.1) is 6.61 Å². The van der Waals surface area contributed by atoms with Gasteiger partial charge < -0.3 is 10.1 Å². The molecule has 1 unspecified atom stereocenters. The zero-order valence-corrected chi connectivity index (χ0v) is 7.94. The molecule has 2 heteroatoms. The van der Waals surface area contributed by atoms with Crippen molar-refractivity contribution >= 4 is 0 Å². The summed E-state index contributed by atoms with van der Waals surface area (Å²) in [4.78, 5) is 0. The molecule has 1 aliphatic heterocycles. The third-order valence-electron chi connectivity index (χ3n) is 3.11. The number of hydrogen-bond acceptors (Lipinski definition) is 2. The van der Waals surface area contributed by atoms with Gasteiger partial charge in [-0.2, -0.15) is 0 Å². The van der Waals surface area contributed by atoms with E-state index in [1.54, 1.807) is 0 Å². The molecule has 2 aliphatic rings. The Balaban J connectivity index is 1.56. The summed E-state index contributed by atoms with van der Waals surface area (Å²) in [5.74, 6) is 0.785. The van der Waals surface area contributed by atoms with Crippen molar-refractivity contribution in [2.45, 2.75) is 26.2 Å². The molecule has 2 fully saturated rings. The van der Waals surface area contributed by atoms with Crippen LogP contribution in [0.15, 0.2) is 0 Å². The third kappa shape index (κ3) is 2.20. The van der Waals surface area contributed by atoms with Crippen molar-refractivity contribution < 1.29 is 4.74 Å². The van der Waals surface area contributed by atoms with Crippen LogP contribution in [0.4, 0.5) is 0 Å². The van der Waals surface area contributed by atoms with Crippen LogP contribution in [0.3, 0.4) is 0 Å². The number of rotatable bonds is 4. The predicted octanol–water partition coefficient (Wildman–Crippen LogP) is 1.41. The standard InChI is InChI=1S/C10H19NO/c1-10(3-4-10)8-11-6-9-2-5-12-7-9/h9,11H,2-8H2,1H3. The maximum absolute atomic E-state index is 5.32. The first-order valence-electron chi connectivity index (χ1n) is 5.07. The van der Waals surface area contributed by atoms with Gasteiger partial charge >= 0.3 is 0 Å². The number of hydrogen-bond donors (Lipinski definition) is 1. The Bertz CT molecular complexity index is 148. The second-order valence-electron chi connectivity index (χ2n) is 4.67. The molecule has 0 aromatic heterocycles. The van der Waals surface area contributed by atoms with Crippen molar-refractivity contribution in [3.8, 4) is 0 Å². The molecule has 0 aromatic rings. The Hall–Kier alpha value is -0.0800. The van der Waals surface area contributed by atoms with Crippen molar-refractivity contribution in [2.24, 2.45) is 11.3 Å². The quantitative estimate of drug-likeness (QED) is 0.687. The van der Waals surface area contributed by atoms with E-state index in [0.29, 0.717) is 5.41 Å². The lowest BCUT2D eigenvalue weighted by Crippen LogP contribution is -2.28. The molecule has 1 aliphatic carbocycles. The monoisotopic (exact) mass is 169 g/mol. The smallest absolute Gasteiger partial charge is 0.0507 e. The molecule has 1 heterocycles. The second kappa shape index (κ2) is 3.35. The molecule has 70 valence electrons. The molecule has 0 radical (unpaired) electrons. The minimum Gasteiger partial charge on any atom is -0.381 e. The van der Waals surface area contributed by atoms with Crippen LogP contribution in [-0.2, 0) is 4.74 Å². The van der Waals surface area contributed by atoms with Gasteiger partial charge in [0.25, 0.3) is 0 Å². The lowest BCUT2D eigenvalue weighted by Gasteiger charge is -2.12. The maximum atomic E-state index is 5.32. The van der Waals surface area contributed by atoms with Crippen molar-refractivity contribution in [1.29, 1.82) is 0 Å². The summed E-state index contributed by atoms with van der Waals surface area (Å²) in [7, 11) is 0. The lowest BCUT2D eigenvalue weighted by atomic mass is 10.1. The fourth-order valence-corrected chi connectivity index (χ4v) is 1.71. The SMILES string of the molecule is CC1(CNCC2CCOC2)CC1. The Labute approximate surface area is 74.7 Å². The molecule has 2 rings (SSSR count). The van der Waals surface area contributed by atoms with E-state index < -0.39 is 0 Å². The van der Waals surface area contributed by atoms with E-state index in [9.17, 15) is 0 Å². The zero-order valence-electron chi connectivity index (χ0n) is 7.94. The molecule has 2 nitrogen and oxygen atoms in total. The average Bonchev–Trinajstić information content (AvgIpc) is 2.61. The van der Waals surface area contributed by atoms with Crippen LogP contribution >= 0.6 is 0 Å². The Morgan fingerprint density at radius 1 is 1.50 bits per heavy atom. The molecule has 1 saturated heterocycles. The van der Waals surface area contributed by atoms with E-state index >= 15 is 0 Å². The summed E-state index contributed by atoms with van der Waals surface area (Å²) in [5, 5.41) is 3.55. The highest BCUT2D eigenvalue weighted by Gasteiger charge is 2.36. The van der Waals surface area contributed by atoms with E-state index in [1.165, 1.54) is 25.8 Å². The topological polar surface area (TPSA) is 21.3 Å². The third-order valence-corrected chi connectivity index (χ3v) is 3.11. The van der Waals surface area contributed by atoms with Gasteiger partial charge in [0, 0.05) is 19.7 Å². The lowest BCUT2D eigenvalue weighted by molar-refractivity contribution is 0.185. The van der Waals surface area contributed by atoms with Gasteiger partial charge in [0.2, 0.25) is 0 Å². The van der Waals surface area contributed by atoms with E-state index in [2.05, 4.69) is 12.2 Å². The van der Waals surface area contributed by atoms with Crippen LogP contribution in [0, 0.1) is 11.3 Å². The number of ether oxygens (including phenoxy) is 1. The van der Waals surface area contributed by atoms with Crippen LogP contribution in [-0.4, -0.2) is 26.3 Å². The zero-order chi connectivity index (χ0) is 8.44. The number of nitrogens with one attached hydrogen (secondary N) is 1. The van der Waals surface area contributed by atoms with Crippen LogP contribution in [0.25, 0.3) is 0 Å². The summed E-state index contributed by atoms with van der Waals surface area (Å²) < 4.78 is 5.32. The van der Waals surface area contributed by atoms with Gasteiger partial charge in [-0.25, -0.2) is 0 Å². The molecular formula is C10H19NO. The van der Waals surface area contributed by atoms with Gasteiger partial charge in [-0.3, -0.25) is 0 Å². The average molecular weight is 169 g/mol. The molecule has 1 N–H and O–H groups in total. The van der Waals surface area contributed by atoms with Crippen LogP contribution < -0.4 is 5.32 Å². The summed E-state index contributed by atoms with van der Waals surface area (Å²) in [6.07, 6.45) is 4.09. The first-order valence-corrected chi connectivity index (χ1v) is 5.07. The van der Waals surface area contributed by atoms with Crippen LogP contribution in [0.2, 0.25) is 0 Å². The first-order chi connectivity index (χ1) is 5.79. The van der Waals surface area contributed by atoms with Gasteiger partial charge in [0.1, 0.15) is 0 Å². The highest BCUT2D eigenvalue weighted by atomic mass is 16.5. The Kier molecular flexibility index (Phi) is 2.37. The Morgan fingerprint density at radius 2 is 2.33 bits per heavy atom. The normalized spacial score (nSPS) is 32.2.